The Hall–Kier alpha value is -1.62. The third-order valence-electron chi connectivity index (χ3n) is 4.92. The Balaban J connectivity index is 1.73. The number of nitriles is 1. The van der Waals surface area contributed by atoms with Gasteiger partial charge in [0.15, 0.2) is 0 Å². The third kappa shape index (κ3) is 4.32. The molecular weight excluding hydrogens is 342 g/mol. The largest absolute Gasteiger partial charge is 0.462 e. The molecule has 3 heterocycles. The number of anilines is 1. The summed E-state index contributed by atoms with van der Waals surface area (Å²) >= 11 is 6.13. The maximum Gasteiger partial charge on any atom is 0.319 e. The van der Waals surface area contributed by atoms with E-state index in [1.807, 2.05) is 18.9 Å². The summed E-state index contributed by atoms with van der Waals surface area (Å²) in [6, 6.07) is 4.24. The number of hydrogen-bond donors (Lipinski definition) is 1. The minimum atomic E-state index is -0.740. The van der Waals surface area contributed by atoms with Crippen LogP contribution in [0.2, 0.25) is 5.15 Å². The number of aliphatic hydroxyl groups is 1. The highest BCUT2D eigenvalue weighted by atomic mass is 35.5. The van der Waals surface area contributed by atoms with Crippen molar-refractivity contribution >= 4 is 17.4 Å². The second kappa shape index (κ2) is 6.94. The molecule has 0 aromatic carbocycles. The molecule has 0 aliphatic carbocycles. The van der Waals surface area contributed by atoms with Crippen molar-refractivity contribution in [2.75, 3.05) is 44.7 Å². The Morgan fingerprint density at radius 1 is 1.36 bits per heavy atom. The number of rotatable bonds is 4. The van der Waals surface area contributed by atoms with E-state index >= 15 is 0 Å². The summed E-state index contributed by atoms with van der Waals surface area (Å²) in [5.41, 5.74) is -1.27. The topological polar surface area (TPSA) is 85.5 Å². The summed E-state index contributed by atoms with van der Waals surface area (Å²) < 4.78 is 5.75. The maximum atomic E-state index is 10.3. The second-order valence-corrected chi connectivity index (χ2v) is 7.91. The van der Waals surface area contributed by atoms with E-state index in [9.17, 15) is 10.4 Å². The van der Waals surface area contributed by atoms with Crippen molar-refractivity contribution in [3.05, 3.63) is 11.2 Å². The lowest BCUT2D eigenvalue weighted by Crippen LogP contribution is -2.46. The molecule has 3 rings (SSSR count). The van der Waals surface area contributed by atoms with E-state index in [0.717, 1.165) is 32.4 Å². The Labute approximate surface area is 153 Å². The number of hydrogen-bond acceptors (Lipinski definition) is 7. The van der Waals surface area contributed by atoms with E-state index in [4.69, 9.17) is 16.3 Å². The van der Waals surface area contributed by atoms with Crippen LogP contribution in [0, 0.1) is 16.7 Å². The number of piperidine rings is 1. The lowest BCUT2D eigenvalue weighted by atomic mass is 9.90. The van der Waals surface area contributed by atoms with Gasteiger partial charge in [0.05, 0.1) is 11.7 Å². The van der Waals surface area contributed by atoms with Crippen LogP contribution in [0.15, 0.2) is 6.07 Å². The highest BCUT2D eigenvalue weighted by molar-refractivity contribution is 6.29. The van der Waals surface area contributed by atoms with Crippen LogP contribution in [-0.4, -0.2) is 65.4 Å². The third-order valence-corrected chi connectivity index (χ3v) is 5.11. The Morgan fingerprint density at radius 3 is 2.80 bits per heavy atom. The molecule has 2 saturated heterocycles. The Bertz CT molecular complexity index is 677. The fourth-order valence-electron chi connectivity index (χ4n) is 3.55. The number of nitrogens with zero attached hydrogens (tertiary/aromatic N) is 5. The summed E-state index contributed by atoms with van der Waals surface area (Å²) in [6.07, 6.45) is 2.42. The van der Waals surface area contributed by atoms with E-state index < -0.39 is 11.0 Å². The quantitative estimate of drug-likeness (QED) is 0.813. The van der Waals surface area contributed by atoms with E-state index in [2.05, 4.69) is 20.9 Å². The van der Waals surface area contributed by atoms with Crippen LogP contribution in [0.1, 0.15) is 26.2 Å². The lowest BCUT2D eigenvalue weighted by Gasteiger charge is -2.37. The molecule has 0 spiro atoms. The maximum absolute atomic E-state index is 10.3. The number of aromatic nitrogens is 2. The van der Waals surface area contributed by atoms with Crippen LogP contribution in [0.3, 0.4) is 0 Å². The predicted molar refractivity (Wildman–Crippen MR) is 94.8 cm³/mol. The summed E-state index contributed by atoms with van der Waals surface area (Å²) in [7, 11) is 2.00. The van der Waals surface area contributed by atoms with Crippen molar-refractivity contribution in [2.24, 2.45) is 5.41 Å². The van der Waals surface area contributed by atoms with Crippen molar-refractivity contribution in [3.63, 3.8) is 0 Å². The fourth-order valence-corrected chi connectivity index (χ4v) is 3.72. The van der Waals surface area contributed by atoms with Crippen LogP contribution >= 0.6 is 11.6 Å². The van der Waals surface area contributed by atoms with Gasteiger partial charge < -0.3 is 19.6 Å². The molecule has 7 nitrogen and oxygen atoms in total. The lowest BCUT2D eigenvalue weighted by molar-refractivity contribution is 0.0446. The zero-order valence-corrected chi connectivity index (χ0v) is 15.5. The van der Waals surface area contributed by atoms with Crippen LogP contribution in [0.25, 0.3) is 0 Å². The van der Waals surface area contributed by atoms with Crippen LogP contribution in [0.4, 0.5) is 5.82 Å². The van der Waals surface area contributed by atoms with Crippen molar-refractivity contribution < 1.29 is 9.84 Å². The molecule has 0 amide bonds. The van der Waals surface area contributed by atoms with Crippen LogP contribution in [-0.2, 0) is 0 Å². The summed E-state index contributed by atoms with van der Waals surface area (Å²) in [4.78, 5) is 12.7. The summed E-state index contributed by atoms with van der Waals surface area (Å²) in [5, 5.41) is 20.1. The minimum Gasteiger partial charge on any atom is -0.462 e. The molecule has 1 aromatic heterocycles. The van der Waals surface area contributed by atoms with Gasteiger partial charge in [-0.15, -0.1) is 0 Å². The van der Waals surface area contributed by atoms with Crippen molar-refractivity contribution in [1.29, 1.82) is 5.26 Å². The van der Waals surface area contributed by atoms with Crippen LogP contribution < -0.4 is 9.64 Å². The molecule has 1 N–H and O–H groups in total. The van der Waals surface area contributed by atoms with Gasteiger partial charge in [-0.25, -0.2) is 0 Å². The smallest absolute Gasteiger partial charge is 0.319 e. The summed E-state index contributed by atoms with van der Waals surface area (Å²) in [6.45, 7) is 4.91. The van der Waals surface area contributed by atoms with Gasteiger partial charge >= 0.3 is 6.01 Å². The molecule has 0 saturated carbocycles. The highest BCUT2D eigenvalue weighted by Crippen LogP contribution is 2.31. The normalized spacial score (nSPS) is 30.3. The predicted octanol–water partition coefficient (Wildman–Crippen LogP) is 1.71. The summed E-state index contributed by atoms with van der Waals surface area (Å²) in [5.74, 6) is 0.643. The molecule has 0 bridgehead atoms. The van der Waals surface area contributed by atoms with Gasteiger partial charge in [0.2, 0.25) is 0 Å². The van der Waals surface area contributed by atoms with Crippen LogP contribution in [0.5, 0.6) is 6.01 Å². The first-order chi connectivity index (χ1) is 11.8. The Kier molecular flexibility index (Phi) is 5.05. The van der Waals surface area contributed by atoms with Crippen molar-refractivity contribution in [3.8, 4) is 12.1 Å². The number of ether oxygens (including phenoxy) is 1. The van der Waals surface area contributed by atoms with Gasteiger partial charge in [-0.2, -0.15) is 15.2 Å². The van der Waals surface area contributed by atoms with Gasteiger partial charge in [0, 0.05) is 25.7 Å². The Morgan fingerprint density at radius 2 is 2.16 bits per heavy atom. The fraction of sp³-hybridized carbons (Fsp3) is 0.706. The first-order valence-electron chi connectivity index (χ1n) is 8.55. The zero-order chi connectivity index (χ0) is 18.1. The molecule has 2 fully saturated rings. The average molecular weight is 366 g/mol. The monoisotopic (exact) mass is 365 g/mol. The number of halogens is 1. The SMILES string of the molecule is CN1CCC(C#N)(COc2nc(Cl)cc(N3CCC[C@@](C)(O)C3)n2)C1. The van der Waals surface area contributed by atoms with Gasteiger partial charge in [-0.05, 0) is 39.8 Å². The molecule has 136 valence electrons. The van der Waals surface area contributed by atoms with E-state index in [1.165, 1.54) is 0 Å². The molecule has 1 aromatic rings. The van der Waals surface area contributed by atoms with Crippen molar-refractivity contribution in [2.45, 2.75) is 31.8 Å². The molecule has 25 heavy (non-hydrogen) atoms. The molecule has 2 aliphatic rings. The molecular formula is C17H24ClN5O2. The van der Waals surface area contributed by atoms with E-state index in [1.54, 1.807) is 6.07 Å². The minimum absolute atomic E-state index is 0.178. The first kappa shape index (κ1) is 18.2. The molecule has 2 aliphatic heterocycles. The molecule has 2 atom stereocenters. The number of β-amino-alcohol motifs (C(OH)–C–C–N with tert-alkyl or cyclic N) is 1. The zero-order valence-electron chi connectivity index (χ0n) is 14.7. The molecule has 1 unspecified atom stereocenters. The average Bonchev–Trinajstić information content (AvgIpc) is 2.93. The van der Waals surface area contributed by atoms with E-state index in [0.29, 0.717) is 24.1 Å². The standard InChI is InChI=1S/C17H24ClN5O2/c1-16(24)4-3-6-23(10-16)14-8-13(18)20-15(21-14)25-12-17(9-19)5-7-22(2)11-17/h8,24H,3-7,10-12H2,1-2H3/t16-,17?/m1/s1. The van der Waals surface area contributed by atoms with Crippen molar-refractivity contribution in [1.82, 2.24) is 14.9 Å². The second-order valence-electron chi connectivity index (χ2n) is 7.52. The molecule has 8 heteroatoms. The first-order valence-corrected chi connectivity index (χ1v) is 8.93. The highest BCUT2D eigenvalue weighted by Gasteiger charge is 2.38. The van der Waals surface area contributed by atoms with Gasteiger partial charge in [-0.3, -0.25) is 0 Å². The van der Waals surface area contributed by atoms with E-state index in [-0.39, 0.29) is 12.6 Å². The van der Waals surface area contributed by atoms with Gasteiger partial charge in [0.25, 0.3) is 0 Å². The van der Waals surface area contributed by atoms with Gasteiger partial charge in [-0.1, -0.05) is 11.6 Å². The molecule has 0 radical (unpaired) electrons. The number of likely N-dealkylation sites (tertiary alicyclic amines) is 1. The van der Waals surface area contributed by atoms with Gasteiger partial charge in [0.1, 0.15) is 23.0 Å².